The fourth-order valence-corrected chi connectivity index (χ4v) is 3.64. The van der Waals surface area contributed by atoms with Gasteiger partial charge in [0, 0.05) is 11.1 Å². The molecule has 4 rings (SSSR count). The van der Waals surface area contributed by atoms with Gasteiger partial charge in [0.15, 0.2) is 0 Å². The van der Waals surface area contributed by atoms with Crippen molar-refractivity contribution in [3.63, 3.8) is 0 Å². The van der Waals surface area contributed by atoms with E-state index in [1.54, 1.807) is 13.8 Å². The molecule has 0 saturated heterocycles. The van der Waals surface area contributed by atoms with Crippen molar-refractivity contribution in [3.05, 3.63) is 58.7 Å². The van der Waals surface area contributed by atoms with Crippen LogP contribution in [-0.2, 0) is 12.4 Å². The number of rotatable bonds is 9. The van der Waals surface area contributed by atoms with Crippen LogP contribution in [0.3, 0.4) is 0 Å². The lowest BCUT2D eigenvalue weighted by Crippen LogP contribution is -2.19. The Morgan fingerprint density at radius 1 is 0.706 bits per heavy atom. The molecule has 2 aromatic carbocycles. The van der Waals surface area contributed by atoms with Crippen LogP contribution in [0.2, 0.25) is 0 Å². The predicted octanol–water partition coefficient (Wildman–Crippen LogP) is 6.34. The fraction of sp³-hybridized carbons (Fsp3) is 0.417. The second-order valence-electron chi connectivity index (χ2n) is 8.37. The van der Waals surface area contributed by atoms with Gasteiger partial charge in [-0.15, -0.1) is 0 Å². The van der Waals surface area contributed by atoms with Crippen molar-refractivity contribution in [2.24, 2.45) is 9.98 Å². The van der Waals surface area contributed by atoms with Crippen LogP contribution < -0.4 is 9.47 Å². The van der Waals surface area contributed by atoms with Gasteiger partial charge in [0.25, 0.3) is 0 Å². The number of alkyl halides is 6. The molecule has 2 aliphatic rings. The standard InChI is InChI=1S/C24H22F6N2O2/c1-13(33-15-5-7-17(21-11-31-21)19(9-15)23(25,26)27)3-4-14(2)34-16-6-8-18(22-12-32-22)20(10-16)24(28,29)30/h5-10,13-14H,3-4,11-12H2,1-2H3/t13-,14-/m1/s1. The van der Waals surface area contributed by atoms with E-state index in [0.29, 0.717) is 37.4 Å². The topological polar surface area (TPSA) is 43.2 Å². The van der Waals surface area contributed by atoms with Crippen molar-refractivity contribution < 1.29 is 35.8 Å². The normalized spacial score (nSPS) is 16.9. The molecule has 0 amide bonds. The Morgan fingerprint density at radius 2 is 1.06 bits per heavy atom. The molecule has 0 unspecified atom stereocenters. The van der Waals surface area contributed by atoms with E-state index >= 15 is 0 Å². The minimum Gasteiger partial charge on any atom is -0.491 e. The summed E-state index contributed by atoms with van der Waals surface area (Å²) in [5.74, 6) is 0.179. The maximum Gasteiger partial charge on any atom is 0.417 e. The SMILES string of the molecule is C[C@H](CC[C@@H](C)Oc1ccc(C2=NC2)c(C(F)(F)F)c1)Oc1ccc(C2=NC2)c(C(F)(F)F)c1. The number of aliphatic imine (C=N–C) groups is 2. The fourth-order valence-electron chi connectivity index (χ4n) is 3.64. The van der Waals surface area contributed by atoms with E-state index < -0.39 is 35.7 Å². The van der Waals surface area contributed by atoms with Crippen LogP contribution in [0, 0.1) is 0 Å². The third kappa shape index (κ3) is 5.90. The Kier molecular flexibility index (Phi) is 6.35. The highest BCUT2D eigenvalue weighted by Crippen LogP contribution is 2.37. The highest BCUT2D eigenvalue weighted by atomic mass is 19.4. The zero-order valence-corrected chi connectivity index (χ0v) is 18.4. The lowest BCUT2D eigenvalue weighted by atomic mass is 10.0. The summed E-state index contributed by atoms with van der Waals surface area (Å²) in [5.41, 5.74) is -0.605. The molecule has 2 atom stereocenters. The Bertz CT molecular complexity index is 1050. The van der Waals surface area contributed by atoms with Crippen LogP contribution in [0.25, 0.3) is 0 Å². The zero-order valence-electron chi connectivity index (χ0n) is 18.4. The molecular formula is C24H22F6N2O2. The molecule has 0 N–H and O–H groups in total. The summed E-state index contributed by atoms with van der Waals surface area (Å²) >= 11 is 0. The molecule has 34 heavy (non-hydrogen) atoms. The summed E-state index contributed by atoms with van der Waals surface area (Å²) in [6, 6.07) is 7.61. The van der Waals surface area contributed by atoms with Crippen LogP contribution in [0.15, 0.2) is 46.4 Å². The van der Waals surface area contributed by atoms with Gasteiger partial charge in [-0.2, -0.15) is 26.3 Å². The van der Waals surface area contributed by atoms with E-state index in [-0.39, 0.29) is 22.6 Å². The molecule has 0 aliphatic carbocycles. The van der Waals surface area contributed by atoms with Crippen molar-refractivity contribution in [2.75, 3.05) is 13.1 Å². The molecule has 2 aromatic rings. The van der Waals surface area contributed by atoms with Crippen LogP contribution in [0.4, 0.5) is 26.3 Å². The largest absolute Gasteiger partial charge is 0.491 e. The second kappa shape index (κ2) is 8.96. The first-order chi connectivity index (χ1) is 15.9. The molecule has 2 aliphatic heterocycles. The van der Waals surface area contributed by atoms with Gasteiger partial charge < -0.3 is 9.47 Å². The quantitative estimate of drug-likeness (QED) is 0.390. The maximum absolute atomic E-state index is 13.4. The third-order valence-electron chi connectivity index (χ3n) is 5.50. The van der Waals surface area contributed by atoms with Crippen molar-refractivity contribution in [1.29, 1.82) is 0 Å². The van der Waals surface area contributed by atoms with Crippen molar-refractivity contribution in [3.8, 4) is 11.5 Å². The van der Waals surface area contributed by atoms with Gasteiger partial charge in [-0.05, 0) is 63.1 Å². The summed E-state index contributed by atoms with van der Waals surface area (Å²) in [4.78, 5) is 7.70. The van der Waals surface area contributed by atoms with Crippen LogP contribution in [-0.4, -0.2) is 36.7 Å². The molecule has 0 fully saturated rings. The summed E-state index contributed by atoms with van der Waals surface area (Å²) in [5, 5.41) is 0. The summed E-state index contributed by atoms with van der Waals surface area (Å²) < 4.78 is 91.6. The van der Waals surface area contributed by atoms with Gasteiger partial charge in [-0.25, -0.2) is 0 Å². The molecule has 0 aromatic heterocycles. The molecule has 0 saturated carbocycles. The molecule has 0 bridgehead atoms. The van der Waals surface area contributed by atoms with E-state index in [2.05, 4.69) is 9.98 Å². The number of halogens is 6. The number of nitrogens with zero attached hydrogens (tertiary/aromatic N) is 2. The molecule has 4 nitrogen and oxygen atoms in total. The van der Waals surface area contributed by atoms with Gasteiger partial charge in [-0.3, -0.25) is 9.98 Å². The minimum absolute atomic E-state index is 0.0625. The van der Waals surface area contributed by atoms with Gasteiger partial charge in [-0.1, -0.05) is 0 Å². The first-order valence-corrected chi connectivity index (χ1v) is 10.7. The van der Waals surface area contributed by atoms with Crippen LogP contribution >= 0.6 is 0 Å². The van der Waals surface area contributed by atoms with E-state index in [4.69, 9.17) is 9.47 Å². The number of benzene rings is 2. The van der Waals surface area contributed by atoms with E-state index in [9.17, 15) is 26.3 Å². The Balaban J connectivity index is 1.34. The molecule has 0 spiro atoms. The summed E-state index contributed by atoms with van der Waals surface area (Å²) in [6.07, 6.45) is -9.06. The molecule has 0 radical (unpaired) electrons. The summed E-state index contributed by atoms with van der Waals surface area (Å²) in [6.45, 7) is 4.04. The first-order valence-electron chi connectivity index (χ1n) is 10.7. The average Bonchev–Trinajstić information content (AvgIpc) is 3.64. The lowest BCUT2D eigenvalue weighted by molar-refractivity contribution is -0.138. The number of hydrogen-bond donors (Lipinski definition) is 0. The monoisotopic (exact) mass is 484 g/mol. The molecule has 2 heterocycles. The van der Waals surface area contributed by atoms with Crippen molar-refractivity contribution in [2.45, 2.75) is 51.2 Å². The van der Waals surface area contributed by atoms with Gasteiger partial charge in [0.1, 0.15) is 11.5 Å². The highest BCUT2D eigenvalue weighted by Gasteiger charge is 2.37. The Labute approximate surface area is 192 Å². The number of hydrogen-bond acceptors (Lipinski definition) is 4. The van der Waals surface area contributed by atoms with Gasteiger partial charge in [0.05, 0.1) is 47.8 Å². The molecule has 182 valence electrons. The van der Waals surface area contributed by atoms with E-state index in [1.165, 1.54) is 24.3 Å². The van der Waals surface area contributed by atoms with Crippen molar-refractivity contribution in [1.82, 2.24) is 0 Å². The lowest BCUT2D eigenvalue weighted by Gasteiger charge is -2.20. The zero-order chi connectivity index (χ0) is 24.7. The third-order valence-corrected chi connectivity index (χ3v) is 5.50. The molecular weight excluding hydrogens is 462 g/mol. The van der Waals surface area contributed by atoms with E-state index in [1.807, 2.05) is 0 Å². The van der Waals surface area contributed by atoms with Gasteiger partial charge in [0.2, 0.25) is 0 Å². The minimum atomic E-state index is -4.53. The molecule has 10 heteroatoms. The smallest absolute Gasteiger partial charge is 0.417 e. The Morgan fingerprint density at radius 3 is 1.35 bits per heavy atom. The average molecular weight is 484 g/mol. The summed E-state index contributed by atoms with van der Waals surface area (Å²) in [7, 11) is 0. The number of ether oxygens (including phenoxy) is 2. The Hall–Kier alpha value is -3.04. The highest BCUT2D eigenvalue weighted by molar-refractivity contribution is 6.12. The van der Waals surface area contributed by atoms with Crippen LogP contribution in [0.1, 0.15) is 48.9 Å². The predicted molar refractivity (Wildman–Crippen MR) is 115 cm³/mol. The van der Waals surface area contributed by atoms with Crippen LogP contribution in [0.5, 0.6) is 11.5 Å². The van der Waals surface area contributed by atoms with Gasteiger partial charge >= 0.3 is 12.4 Å². The second-order valence-corrected chi connectivity index (χ2v) is 8.37. The first kappa shape index (κ1) is 24.1. The van der Waals surface area contributed by atoms with E-state index in [0.717, 1.165) is 12.1 Å². The maximum atomic E-state index is 13.4. The van der Waals surface area contributed by atoms with Crippen molar-refractivity contribution >= 4 is 11.4 Å².